The average molecular weight is 370 g/mol. The maximum atomic E-state index is 12.4. The Labute approximate surface area is 164 Å². The Kier molecular flexibility index (Phi) is 5.33. The van der Waals surface area contributed by atoms with Crippen molar-refractivity contribution < 1.29 is 4.79 Å². The van der Waals surface area contributed by atoms with Gasteiger partial charge in [-0.3, -0.25) is 9.79 Å². The number of benzene rings is 3. The number of nitrogens with one attached hydrogen (secondary N) is 3. The molecule has 4 rings (SSSR count). The molecule has 5 heteroatoms. The third-order valence-electron chi connectivity index (χ3n) is 4.60. The molecule has 0 aromatic heterocycles. The van der Waals surface area contributed by atoms with Gasteiger partial charge in [-0.2, -0.15) is 0 Å². The van der Waals surface area contributed by atoms with Gasteiger partial charge in [0, 0.05) is 24.3 Å². The van der Waals surface area contributed by atoms with Crippen molar-refractivity contribution in [1.82, 2.24) is 10.6 Å². The lowest BCUT2D eigenvalue weighted by Gasteiger charge is -2.09. The number of hydrogen-bond acceptors (Lipinski definition) is 4. The molecule has 0 aliphatic carbocycles. The third-order valence-corrected chi connectivity index (χ3v) is 4.60. The van der Waals surface area contributed by atoms with E-state index in [1.807, 2.05) is 66.7 Å². The quantitative estimate of drug-likeness (QED) is 0.642. The summed E-state index contributed by atoms with van der Waals surface area (Å²) in [5, 5.41) is 9.37. The van der Waals surface area contributed by atoms with E-state index in [0.717, 1.165) is 41.4 Å². The highest BCUT2D eigenvalue weighted by Gasteiger charge is 2.07. The lowest BCUT2D eigenvalue weighted by Crippen LogP contribution is -2.26. The predicted molar refractivity (Wildman–Crippen MR) is 113 cm³/mol. The molecule has 5 nitrogen and oxygen atoms in total. The highest BCUT2D eigenvalue weighted by atomic mass is 16.1. The molecule has 140 valence electrons. The third kappa shape index (κ3) is 4.38. The molecule has 3 N–H and O–H groups in total. The molecule has 0 radical (unpaired) electrons. The molecule has 1 amide bonds. The molecule has 1 aliphatic heterocycles. The van der Waals surface area contributed by atoms with Crippen molar-refractivity contribution in [3.05, 3.63) is 90.0 Å². The van der Waals surface area contributed by atoms with Crippen molar-refractivity contribution in [2.24, 2.45) is 4.99 Å². The molecule has 0 fully saturated rings. The Morgan fingerprint density at radius 3 is 2.29 bits per heavy atom. The van der Waals surface area contributed by atoms with Crippen molar-refractivity contribution >= 4 is 17.6 Å². The number of rotatable bonds is 5. The number of hydrogen-bond donors (Lipinski definition) is 3. The van der Waals surface area contributed by atoms with Crippen LogP contribution in [-0.2, 0) is 6.54 Å². The van der Waals surface area contributed by atoms with Gasteiger partial charge in [-0.15, -0.1) is 0 Å². The lowest BCUT2D eigenvalue weighted by atomic mass is 10.0. The van der Waals surface area contributed by atoms with Crippen LogP contribution in [0.3, 0.4) is 0 Å². The molecule has 3 aromatic rings. The van der Waals surface area contributed by atoms with Crippen LogP contribution < -0.4 is 16.0 Å². The van der Waals surface area contributed by atoms with Gasteiger partial charge in [0.05, 0.1) is 6.54 Å². The summed E-state index contributed by atoms with van der Waals surface area (Å²) >= 11 is 0. The van der Waals surface area contributed by atoms with Gasteiger partial charge in [-0.05, 0) is 41.0 Å². The summed E-state index contributed by atoms with van der Waals surface area (Å²) in [5.41, 5.74) is 4.91. The number of amides is 1. The minimum atomic E-state index is -0.0775. The summed E-state index contributed by atoms with van der Waals surface area (Å²) in [6.45, 7) is 2.16. The van der Waals surface area contributed by atoms with Gasteiger partial charge in [0.15, 0.2) is 5.96 Å². The predicted octanol–water partition coefficient (Wildman–Crippen LogP) is 3.65. The van der Waals surface area contributed by atoms with Gasteiger partial charge >= 0.3 is 0 Å². The summed E-state index contributed by atoms with van der Waals surface area (Å²) in [5.74, 6) is 0.728. The van der Waals surface area contributed by atoms with Crippen molar-refractivity contribution in [2.45, 2.75) is 6.54 Å². The normalized spacial score (nSPS) is 12.8. The highest BCUT2D eigenvalue weighted by molar-refractivity contribution is 5.95. The van der Waals surface area contributed by atoms with E-state index in [1.54, 1.807) is 0 Å². The number of nitrogens with zero attached hydrogens (tertiary/aromatic N) is 1. The van der Waals surface area contributed by atoms with E-state index in [1.165, 1.54) is 0 Å². The SMILES string of the molecule is O=C(NCc1ccc(NC2=NCCN2)cc1)c1ccc(-c2ccccc2)cc1. The van der Waals surface area contributed by atoms with Crippen LogP contribution in [0.4, 0.5) is 5.69 Å². The van der Waals surface area contributed by atoms with E-state index in [2.05, 4.69) is 33.1 Å². The zero-order valence-electron chi connectivity index (χ0n) is 15.5. The first-order valence-electron chi connectivity index (χ1n) is 9.36. The zero-order chi connectivity index (χ0) is 19.2. The first-order valence-corrected chi connectivity index (χ1v) is 9.36. The standard InChI is InChI=1S/C23H22N4O/c28-22(20-10-8-19(9-11-20)18-4-2-1-3-5-18)26-16-17-6-12-21(13-7-17)27-23-24-14-15-25-23/h1-13H,14-16H2,(H,26,28)(H2,24,25,27). The summed E-state index contributed by atoms with van der Waals surface area (Å²) in [6.07, 6.45) is 0. The molecule has 1 heterocycles. The summed E-state index contributed by atoms with van der Waals surface area (Å²) in [4.78, 5) is 16.7. The van der Waals surface area contributed by atoms with Gasteiger partial charge in [-0.25, -0.2) is 0 Å². The molecule has 0 saturated carbocycles. The van der Waals surface area contributed by atoms with E-state index in [0.29, 0.717) is 12.1 Å². The van der Waals surface area contributed by atoms with Crippen LogP contribution in [0.2, 0.25) is 0 Å². The number of carbonyl (C=O) groups is 1. The largest absolute Gasteiger partial charge is 0.354 e. The molecule has 0 bridgehead atoms. The molecule has 28 heavy (non-hydrogen) atoms. The smallest absolute Gasteiger partial charge is 0.251 e. The molecule has 0 saturated heterocycles. The molecular weight excluding hydrogens is 348 g/mol. The molecule has 0 atom stereocenters. The minimum Gasteiger partial charge on any atom is -0.354 e. The van der Waals surface area contributed by atoms with Crippen LogP contribution in [0.1, 0.15) is 15.9 Å². The maximum Gasteiger partial charge on any atom is 0.251 e. The fraction of sp³-hybridized carbons (Fsp3) is 0.130. The summed E-state index contributed by atoms with van der Waals surface area (Å²) in [7, 11) is 0. The van der Waals surface area contributed by atoms with Gasteiger partial charge in [0.1, 0.15) is 0 Å². The number of aliphatic imine (C=N–C) groups is 1. The first-order chi connectivity index (χ1) is 13.8. The van der Waals surface area contributed by atoms with Crippen LogP contribution in [0.25, 0.3) is 11.1 Å². The minimum absolute atomic E-state index is 0.0775. The molecule has 3 aromatic carbocycles. The first kappa shape index (κ1) is 17.8. The Balaban J connectivity index is 1.32. The topological polar surface area (TPSA) is 65.5 Å². The Hall–Kier alpha value is -3.60. The van der Waals surface area contributed by atoms with E-state index >= 15 is 0 Å². The second-order valence-corrected chi connectivity index (χ2v) is 6.61. The monoisotopic (exact) mass is 370 g/mol. The van der Waals surface area contributed by atoms with Gasteiger partial charge < -0.3 is 16.0 Å². The summed E-state index contributed by atoms with van der Waals surface area (Å²) in [6, 6.07) is 25.8. The van der Waals surface area contributed by atoms with E-state index in [9.17, 15) is 4.79 Å². The van der Waals surface area contributed by atoms with Crippen LogP contribution in [0, 0.1) is 0 Å². The van der Waals surface area contributed by atoms with Crippen molar-refractivity contribution in [3.63, 3.8) is 0 Å². The Morgan fingerprint density at radius 2 is 1.61 bits per heavy atom. The van der Waals surface area contributed by atoms with Crippen LogP contribution in [-0.4, -0.2) is 25.0 Å². The van der Waals surface area contributed by atoms with Crippen molar-refractivity contribution in [1.29, 1.82) is 0 Å². The van der Waals surface area contributed by atoms with E-state index < -0.39 is 0 Å². The molecule has 0 spiro atoms. The van der Waals surface area contributed by atoms with Crippen LogP contribution in [0.5, 0.6) is 0 Å². The fourth-order valence-electron chi connectivity index (χ4n) is 3.05. The summed E-state index contributed by atoms with van der Waals surface area (Å²) < 4.78 is 0. The van der Waals surface area contributed by atoms with Crippen LogP contribution in [0.15, 0.2) is 83.9 Å². The Morgan fingerprint density at radius 1 is 0.893 bits per heavy atom. The molecule has 0 unspecified atom stereocenters. The number of guanidine groups is 1. The number of anilines is 1. The van der Waals surface area contributed by atoms with E-state index in [-0.39, 0.29) is 5.91 Å². The van der Waals surface area contributed by atoms with Crippen LogP contribution >= 0.6 is 0 Å². The van der Waals surface area contributed by atoms with Gasteiger partial charge in [-0.1, -0.05) is 54.6 Å². The number of carbonyl (C=O) groups excluding carboxylic acids is 1. The Bertz CT molecular complexity index is 964. The van der Waals surface area contributed by atoms with Gasteiger partial charge in [0.25, 0.3) is 5.91 Å². The van der Waals surface area contributed by atoms with E-state index in [4.69, 9.17) is 0 Å². The maximum absolute atomic E-state index is 12.4. The second kappa shape index (κ2) is 8.39. The van der Waals surface area contributed by atoms with Gasteiger partial charge in [0.2, 0.25) is 0 Å². The molecular formula is C23H22N4O. The average Bonchev–Trinajstić information content (AvgIpc) is 3.27. The fourth-order valence-corrected chi connectivity index (χ4v) is 3.05. The van der Waals surface area contributed by atoms with Crippen molar-refractivity contribution in [3.8, 4) is 11.1 Å². The van der Waals surface area contributed by atoms with Crippen molar-refractivity contribution in [2.75, 3.05) is 18.4 Å². The zero-order valence-corrected chi connectivity index (χ0v) is 15.5. The molecule has 1 aliphatic rings. The second-order valence-electron chi connectivity index (χ2n) is 6.61. The lowest BCUT2D eigenvalue weighted by molar-refractivity contribution is 0.0951. The highest BCUT2D eigenvalue weighted by Crippen LogP contribution is 2.19.